The summed E-state index contributed by atoms with van der Waals surface area (Å²) in [7, 11) is -1.78. The minimum atomic E-state index is -1.78. The molecular formula is C21H36N2O3Si. The summed E-state index contributed by atoms with van der Waals surface area (Å²) in [5.41, 5.74) is 2.69. The number of rotatable bonds is 6. The monoisotopic (exact) mass is 392 g/mol. The van der Waals surface area contributed by atoms with Gasteiger partial charge in [-0.2, -0.15) is 0 Å². The van der Waals surface area contributed by atoms with Crippen LogP contribution >= 0.6 is 0 Å². The molecule has 0 amide bonds. The lowest BCUT2D eigenvalue weighted by Crippen LogP contribution is -2.52. The van der Waals surface area contributed by atoms with Crippen LogP contribution in [0.3, 0.4) is 0 Å². The number of esters is 1. The Morgan fingerprint density at radius 2 is 1.89 bits per heavy atom. The van der Waals surface area contributed by atoms with Crippen LogP contribution < -0.4 is 0 Å². The van der Waals surface area contributed by atoms with Crippen LogP contribution in [0.4, 0.5) is 0 Å². The van der Waals surface area contributed by atoms with Crippen molar-refractivity contribution in [1.29, 1.82) is 0 Å². The standard InChI is InChI=1S/C21H36N2O3Si/c1-9-25-19(24)21(5,6)23-13-12-18-16(14-23)10-11-17(22-18)15-26-27(7,8)20(2,3)4/h10-11H,9,12-15H2,1-8H3. The van der Waals surface area contributed by atoms with E-state index in [4.69, 9.17) is 14.1 Å². The molecule has 0 spiro atoms. The molecule has 0 fully saturated rings. The van der Waals surface area contributed by atoms with E-state index in [2.05, 4.69) is 50.9 Å². The van der Waals surface area contributed by atoms with Crippen molar-refractivity contribution in [1.82, 2.24) is 9.88 Å². The van der Waals surface area contributed by atoms with Crippen LogP contribution in [-0.2, 0) is 33.5 Å². The lowest BCUT2D eigenvalue weighted by atomic mass is 9.96. The van der Waals surface area contributed by atoms with Crippen molar-refractivity contribution in [3.8, 4) is 0 Å². The molecule has 0 saturated heterocycles. The quantitative estimate of drug-likeness (QED) is 0.533. The first kappa shape index (κ1) is 22.1. The van der Waals surface area contributed by atoms with Crippen molar-refractivity contribution in [3.63, 3.8) is 0 Å². The first-order chi connectivity index (χ1) is 12.4. The molecule has 5 nitrogen and oxygen atoms in total. The molecule has 1 aromatic rings. The minimum Gasteiger partial charge on any atom is -0.465 e. The zero-order valence-electron chi connectivity index (χ0n) is 18.3. The Hall–Kier alpha value is -1.24. The third-order valence-corrected chi connectivity index (χ3v) is 10.5. The minimum absolute atomic E-state index is 0.166. The van der Waals surface area contributed by atoms with Crippen molar-refractivity contribution in [2.45, 2.75) is 84.8 Å². The van der Waals surface area contributed by atoms with Gasteiger partial charge in [-0.1, -0.05) is 26.8 Å². The van der Waals surface area contributed by atoms with Crippen molar-refractivity contribution < 1.29 is 14.0 Å². The normalized spacial score (nSPS) is 16.1. The highest BCUT2D eigenvalue weighted by Gasteiger charge is 2.39. The number of ether oxygens (including phenoxy) is 1. The molecule has 2 heterocycles. The molecule has 0 bridgehead atoms. The summed E-state index contributed by atoms with van der Waals surface area (Å²) in [6.07, 6.45) is 0.839. The number of pyridine rings is 1. The Morgan fingerprint density at radius 1 is 1.22 bits per heavy atom. The second kappa shape index (κ2) is 8.01. The van der Waals surface area contributed by atoms with Crippen molar-refractivity contribution in [2.75, 3.05) is 13.2 Å². The maximum absolute atomic E-state index is 12.3. The Kier molecular flexibility index (Phi) is 6.54. The predicted octanol–water partition coefficient (Wildman–Crippen LogP) is 4.30. The Bertz CT molecular complexity index is 680. The summed E-state index contributed by atoms with van der Waals surface area (Å²) in [5, 5.41) is 0.195. The molecule has 0 radical (unpaired) electrons. The van der Waals surface area contributed by atoms with E-state index >= 15 is 0 Å². The van der Waals surface area contributed by atoms with Gasteiger partial charge in [0.05, 0.1) is 18.9 Å². The number of nitrogens with zero attached hydrogens (tertiary/aromatic N) is 2. The van der Waals surface area contributed by atoms with Gasteiger partial charge in [0.15, 0.2) is 8.32 Å². The summed E-state index contributed by atoms with van der Waals surface area (Å²) < 4.78 is 11.6. The molecule has 0 unspecified atom stereocenters. The topological polar surface area (TPSA) is 51.7 Å². The average molecular weight is 393 g/mol. The van der Waals surface area contributed by atoms with Crippen LogP contribution in [0.15, 0.2) is 12.1 Å². The summed E-state index contributed by atoms with van der Waals surface area (Å²) in [6, 6.07) is 4.20. The molecule has 2 rings (SSSR count). The van der Waals surface area contributed by atoms with Gasteiger partial charge in [0.1, 0.15) is 5.54 Å². The molecule has 0 saturated carbocycles. The van der Waals surface area contributed by atoms with Crippen LogP contribution in [0, 0.1) is 0 Å². The molecule has 27 heavy (non-hydrogen) atoms. The van der Waals surface area contributed by atoms with E-state index in [1.165, 1.54) is 5.56 Å². The Balaban J connectivity index is 2.07. The smallest absolute Gasteiger partial charge is 0.325 e. The molecule has 1 aliphatic rings. The maximum atomic E-state index is 12.3. The largest absolute Gasteiger partial charge is 0.465 e. The predicted molar refractivity (Wildman–Crippen MR) is 111 cm³/mol. The van der Waals surface area contributed by atoms with E-state index < -0.39 is 13.9 Å². The zero-order chi connectivity index (χ0) is 20.5. The molecule has 0 atom stereocenters. The van der Waals surface area contributed by atoms with Crippen LogP contribution in [0.5, 0.6) is 0 Å². The molecule has 1 aromatic heterocycles. The van der Waals surface area contributed by atoms with E-state index in [0.717, 1.165) is 30.9 Å². The van der Waals surface area contributed by atoms with Crippen LogP contribution in [0.2, 0.25) is 18.1 Å². The van der Waals surface area contributed by atoms with Gasteiger partial charge in [0.2, 0.25) is 0 Å². The number of hydrogen-bond acceptors (Lipinski definition) is 5. The Labute approximate surface area is 165 Å². The molecule has 152 valence electrons. The highest BCUT2D eigenvalue weighted by molar-refractivity contribution is 6.74. The number of aromatic nitrogens is 1. The van der Waals surface area contributed by atoms with Crippen LogP contribution in [0.25, 0.3) is 0 Å². The third kappa shape index (κ3) is 4.98. The van der Waals surface area contributed by atoms with Gasteiger partial charge in [0, 0.05) is 25.2 Å². The molecule has 0 aliphatic carbocycles. The van der Waals surface area contributed by atoms with Gasteiger partial charge in [-0.3, -0.25) is 14.7 Å². The number of carbonyl (C=O) groups excluding carboxylic acids is 1. The van der Waals surface area contributed by atoms with E-state index in [9.17, 15) is 4.79 Å². The number of fused-ring (bicyclic) bond motifs is 1. The molecule has 6 heteroatoms. The van der Waals surface area contributed by atoms with E-state index in [0.29, 0.717) is 13.2 Å². The van der Waals surface area contributed by atoms with Gasteiger partial charge in [-0.15, -0.1) is 0 Å². The second-order valence-electron chi connectivity index (χ2n) is 9.41. The van der Waals surface area contributed by atoms with Gasteiger partial charge in [0.25, 0.3) is 0 Å². The van der Waals surface area contributed by atoms with Gasteiger partial charge < -0.3 is 9.16 Å². The Morgan fingerprint density at radius 3 is 2.48 bits per heavy atom. The van der Waals surface area contributed by atoms with Crippen molar-refractivity contribution in [2.24, 2.45) is 0 Å². The zero-order valence-corrected chi connectivity index (χ0v) is 19.3. The lowest BCUT2D eigenvalue weighted by molar-refractivity contribution is -0.156. The lowest BCUT2D eigenvalue weighted by Gasteiger charge is -2.39. The molecule has 0 aromatic carbocycles. The molecular weight excluding hydrogens is 356 g/mol. The number of carbonyl (C=O) groups is 1. The summed E-state index contributed by atoms with van der Waals surface area (Å²) in [4.78, 5) is 19.3. The third-order valence-electron chi connectivity index (χ3n) is 6.06. The fraction of sp³-hybridized carbons (Fsp3) is 0.714. The summed E-state index contributed by atoms with van der Waals surface area (Å²) in [5.74, 6) is -0.166. The highest BCUT2D eigenvalue weighted by atomic mass is 28.4. The van der Waals surface area contributed by atoms with Crippen LogP contribution in [0.1, 0.15) is 58.5 Å². The molecule has 1 aliphatic heterocycles. The van der Waals surface area contributed by atoms with Gasteiger partial charge in [-0.05, 0) is 50.5 Å². The summed E-state index contributed by atoms with van der Waals surface area (Å²) >= 11 is 0. The maximum Gasteiger partial charge on any atom is 0.325 e. The van der Waals surface area contributed by atoms with E-state index in [1.807, 2.05) is 20.8 Å². The first-order valence-electron chi connectivity index (χ1n) is 9.92. The first-order valence-corrected chi connectivity index (χ1v) is 12.8. The van der Waals surface area contributed by atoms with Gasteiger partial charge >= 0.3 is 5.97 Å². The molecule has 0 N–H and O–H groups in total. The highest BCUT2D eigenvalue weighted by Crippen LogP contribution is 2.37. The van der Waals surface area contributed by atoms with E-state index in [-0.39, 0.29) is 11.0 Å². The van der Waals surface area contributed by atoms with Crippen molar-refractivity contribution in [3.05, 3.63) is 29.1 Å². The second-order valence-corrected chi connectivity index (χ2v) is 14.2. The fourth-order valence-electron chi connectivity index (χ4n) is 2.93. The van der Waals surface area contributed by atoms with Crippen LogP contribution in [-0.4, -0.2) is 42.9 Å². The average Bonchev–Trinajstić information content (AvgIpc) is 2.58. The van der Waals surface area contributed by atoms with Gasteiger partial charge in [-0.25, -0.2) is 0 Å². The number of hydrogen-bond donors (Lipinski definition) is 0. The summed E-state index contributed by atoms with van der Waals surface area (Å²) in [6.45, 7) is 19.5. The van der Waals surface area contributed by atoms with E-state index in [1.54, 1.807) is 0 Å². The SMILES string of the molecule is CCOC(=O)C(C)(C)N1CCc2nc(CO[Si](C)(C)C(C)(C)C)ccc2C1. The van der Waals surface area contributed by atoms with Crippen molar-refractivity contribution >= 4 is 14.3 Å². The fourth-order valence-corrected chi connectivity index (χ4v) is 3.87.